The third-order valence-electron chi connectivity index (χ3n) is 6.86. The summed E-state index contributed by atoms with van der Waals surface area (Å²) in [7, 11) is 3.01. The number of benzene rings is 2. The lowest BCUT2D eigenvalue weighted by Gasteiger charge is -2.33. The molecule has 4 rings (SSSR count). The topological polar surface area (TPSA) is 98.5 Å². The fraction of sp³-hybridized carbons (Fsp3) is 0.448. The Kier molecular flexibility index (Phi) is 10.1. The Morgan fingerprint density at radius 2 is 1.88 bits per heavy atom. The number of halogens is 2. The van der Waals surface area contributed by atoms with Gasteiger partial charge in [-0.25, -0.2) is 13.8 Å². The van der Waals surface area contributed by atoms with E-state index in [1.807, 2.05) is 40.8 Å². The lowest BCUT2D eigenvalue weighted by molar-refractivity contribution is -0.138. The van der Waals surface area contributed by atoms with Crippen LogP contribution in [0.15, 0.2) is 48.8 Å². The summed E-state index contributed by atoms with van der Waals surface area (Å²) in [4.78, 5) is 20.4. The minimum atomic E-state index is -1.50. The Hall–Kier alpha value is -3.74. The molecule has 222 valence electrons. The molecular weight excluding hydrogens is 538 g/mol. The van der Waals surface area contributed by atoms with Crippen LogP contribution in [0.3, 0.4) is 0 Å². The largest absolute Gasteiger partial charge is 0.493 e. The summed E-state index contributed by atoms with van der Waals surface area (Å²) in [6.45, 7) is 4.03. The Balaban J connectivity index is 1.47. The molecule has 1 N–H and O–H groups in total. The molecule has 0 unspecified atom stereocenters. The average molecular weight is 575 g/mol. The second kappa shape index (κ2) is 13.7. The summed E-state index contributed by atoms with van der Waals surface area (Å²) in [5.41, 5.74) is -0.584. The molecule has 0 spiro atoms. The predicted molar refractivity (Wildman–Crippen MR) is 146 cm³/mol. The first-order chi connectivity index (χ1) is 19.7. The summed E-state index contributed by atoms with van der Waals surface area (Å²) in [5.74, 6) is -0.153. The number of β-amino-alcohol motifs (C(OH)–C–C–N with tert-alkyl or cyclic N) is 1. The highest BCUT2D eigenvalue weighted by Gasteiger charge is 2.37. The van der Waals surface area contributed by atoms with E-state index < -0.39 is 17.2 Å². The van der Waals surface area contributed by atoms with Crippen molar-refractivity contribution in [3.63, 3.8) is 0 Å². The number of aryl methyl sites for hydroxylation is 1. The molecule has 41 heavy (non-hydrogen) atoms. The normalized spacial score (nSPS) is 17.8. The van der Waals surface area contributed by atoms with E-state index in [0.29, 0.717) is 44.3 Å². The fourth-order valence-corrected chi connectivity index (χ4v) is 4.76. The summed E-state index contributed by atoms with van der Waals surface area (Å²) < 4.78 is 51.3. The Morgan fingerprint density at radius 3 is 2.59 bits per heavy atom. The zero-order chi connectivity index (χ0) is 29.4. The van der Waals surface area contributed by atoms with Crippen molar-refractivity contribution in [2.45, 2.75) is 25.6 Å². The Morgan fingerprint density at radius 1 is 1.05 bits per heavy atom. The van der Waals surface area contributed by atoms with Gasteiger partial charge in [0.15, 0.2) is 23.1 Å². The number of hydrogen-bond donors (Lipinski definition) is 1. The van der Waals surface area contributed by atoms with Crippen molar-refractivity contribution in [1.82, 2.24) is 19.4 Å². The number of aromatic nitrogens is 2. The van der Waals surface area contributed by atoms with Crippen molar-refractivity contribution >= 4 is 5.91 Å². The van der Waals surface area contributed by atoms with Crippen molar-refractivity contribution in [1.29, 1.82) is 0 Å². The number of imidazole rings is 1. The zero-order valence-corrected chi connectivity index (χ0v) is 23.5. The minimum Gasteiger partial charge on any atom is -0.493 e. The number of ether oxygens (including phenoxy) is 4. The standard InChI is InChI=1S/C29H36F2N4O6/c1-21-32-8-9-34(21)12-13-40-27-14-22(4-7-26(27)39-3)16-33-10-11-35(28(36)17-38-2)19-29(37,18-33)20-41-23-5-6-24(30)25(31)15-23/h4-9,14-15,37H,10-13,16-20H2,1-3H3/t29-/m0/s1. The number of rotatable bonds is 12. The number of carbonyl (C=O) groups is 1. The molecule has 0 bridgehead atoms. The molecule has 10 nitrogen and oxygen atoms in total. The van der Waals surface area contributed by atoms with Crippen LogP contribution in [0.2, 0.25) is 0 Å². The van der Waals surface area contributed by atoms with Crippen LogP contribution in [-0.2, 0) is 22.6 Å². The molecule has 1 aliphatic heterocycles. The zero-order valence-electron chi connectivity index (χ0n) is 23.5. The van der Waals surface area contributed by atoms with Gasteiger partial charge >= 0.3 is 0 Å². The third-order valence-corrected chi connectivity index (χ3v) is 6.86. The van der Waals surface area contributed by atoms with Crippen molar-refractivity contribution in [3.8, 4) is 17.2 Å². The van der Waals surface area contributed by atoms with Gasteiger partial charge in [-0.2, -0.15) is 0 Å². The lowest BCUT2D eigenvalue weighted by Crippen LogP contribution is -2.52. The van der Waals surface area contributed by atoms with Crippen LogP contribution < -0.4 is 14.2 Å². The predicted octanol–water partition coefficient (Wildman–Crippen LogP) is 2.66. The van der Waals surface area contributed by atoms with Crippen LogP contribution in [0.4, 0.5) is 8.78 Å². The van der Waals surface area contributed by atoms with E-state index >= 15 is 0 Å². The van der Waals surface area contributed by atoms with Gasteiger partial charge in [-0.15, -0.1) is 0 Å². The molecule has 1 amide bonds. The van der Waals surface area contributed by atoms with E-state index in [-0.39, 0.29) is 38.0 Å². The molecule has 1 aromatic heterocycles. The van der Waals surface area contributed by atoms with Crippen LogP contribution in [0.25, 0.3) is 0 Å². The van der Waals surface area contributed by atoms with E-state index in [4.69, 9.17) is 18.9 Å². The first-order valence-corrected chi connectivity index (χ1v) is 13.3. The molecule has 0 saturated carbocycles. The molecular formula is C29H36F2N4O6. The van der Waals surface area contributed by atoms with Crippen LogP contribution in [0.5, 0.6) is 17.2 Å². The van der Waals surface area contributed by atoms with Crippen LogP contribution in [0, 0.1) is 18.6 Å². The van der Waals surface area contributed by atoms with Gasteiger partial charge in [0.1, 0.15) is 37.0 Å². The molecule has 1 aliphatic rings. The SMILES string of the molecule is COCC(=O)N1CCN(Cc2ccc(OC)c(OCCn3ccnc3C)c2)C[C@@](O)(COc2ccc(F)c(F)c2)C1. The molecule has 0 aliphatic carbocycles. The van der Waals surface area contributed by atoms with Crippen LogP contribution in [0.1, 0.15) is 11.4 Å². The van der Waals surface area contributed by atoms with Crippen LogP contribution >= 0.6 is 0 Å². The molecule has 0 radical (unpaired) electrons. The monoisotopic (exact) mass is 574 g/mol. The molecule has 3 aromatic rings. The molecule has 2 aromatic carbocycles. The van der Waals surface area contributed by atoms with E-state index in [9.17, 15) is 18.7 Å². The fourth-order valence-electron chi connectivity index (χ4n) is 4.76. The molecule has 1 fully saturated rings. The van der Waals surface area contributed by atoms with Gasteiger partial charge in [-0.3, -0.25) is 9.69 Å². The molecule has 2 heterocycles. The maximum absolute atomic E-state index is 13.7. The van der Waals surface area contributed by atoms with Crippen LogP contribution in [-0.4, -0.2) is 96.2 Å². The van der Waals surface area contributed by atoms with Gasteiger partial charge in [-0.05, 0) is 36.8 Å². The van der Waals surface area contributed by atoms with Gasteiger partial charge in [0.05, 0.1) is 20.2 Å². The number of carbonyl (C=O) groups excluding carboxylic acids is 1. The van der Waals surface area contributed by atoms with Crippen molar-refractivity contribution < 1.29 is 37.6 Å². The van der Waals surface area contributed by atoms with E-state index in [2.05, 4.69) is 4.98 Å². The summed E-state index contributed by atoms with van der Waals surface area (Å²) in [5, 5.41) is 11.6. The van der Waals surface area contributed by atoms with Gasteiger partial charge in [0.2, 0.25) is 5.91 Å². The van der Waals surface area contributed by atoms with Gasteiger partial charge in [0, 0.05) is 51.7 Å². The quantitative estimate of drug-likeness (QED) is 0.353. The number of hydrogen-bond acceptors (Lipinski definition) is 8. The van der Waals surface area contributed by atoms with E-state index in [1.54, 1.807) is 13.3 Å². The minimum absolute atomic E-state index is 0.0139. The van der Waals surface area contributed by atoms with E-state index in [1.165, 1.54) is 18.1 Å². The van der Waals surface area contributed by atoms with Gasteiger partial charge in [0.25, 0.3) is 0 Å². The van der Waals surface area contributed by atoms with Crippen molar-refractivity contribution in [2.75, 3.05) is 60.2 Å². The van der Waals surface area contributed by atoms with Crippen molar-refractivity contribution in [2.24, 2.45) is 0 Å². The molecule has 1 atom stereocenters. The maximum atomic E-state index is 13.7. The summed E-state index contributed by atoms with van der Waals surface area (Å²) in [6, 6.07) is 8.82. The highest BCUT2D eigenvalue weighted by molar-refractivity contribution is 5.77. The maximum Gasteiger partial charge on any atom is 0.248 e. The first kappa shape index (κ1) is 30.2. The van der Waals surface area contributed by atoms with Gasteiger partial charge in [-0.1, -0.05) is 6.07 Å². The second-order valence-corrected chi connectivity index (χ2v) is 10.0. The van der Waals surface area contributed by atoms with Crippen molar-refractivity contribution in [3.05, 3.63) is 71.8 Å². The number of aliphatic hydroxyl groups is 1. The third kappa shape index (κ3) is 8.15. The Bertz CT molecular complexity index is 1320. The van der Waals surface area contributed by atoms with Gasteiger partial charge < -0.3 is 33.5 Å². The number of amides is 1. The average Bonchev–Trinajstić information content (AvgIpc) is 3.27. The van der Waals surface area contributed by atoms with E-state index in [0.717, 1.165) is 23.5 Å². The first-order valence-electron chi connectivity index (χ1n) is 13.3. The molecule has 1 saturated heterocycles. The smallest absolute Gasteiger partial charge is 0.248 e. The highest BCUT2D eigenvalue weighted by Crippen LogP contribution is 2.29. The second-order valence-electron chi connectivity index (χ2n) is 10.0. The lowest BCUT2D eigenvalue weighted by atomic mass is 10.0. The number of nitrogens with zero attached hydrogens (tertiary/aromatic N) is 4. The summed E-state index contributed by atoms with van der Waals surface area (Å²) in [6.07, 6.45) is 3.63. The molecule has 12 heteroatoms. The Labute approximate surface area is 238 Å². The highest BCUT2D eigenvalue weighted by atomic mass is 19.2. The number of methoxy groups -OCH3 is 2. The summed E-state index contributed by atoms with van der Waals surface area (Å²) >= 11 is 0.